The van der Waals surface area contributed by atoms with Crippen molar-refractivity contribution in [3.63, 3.8) is 0 Å². The van der Waals surface area contributed by atoms with Crippen molar-refractivity contribution in [1.82, 2.24) is 19.9 Å². The molecule has 0 bridgehead atoms. The molecule has 8 nitrogen and oxygen atoms in total. The van der Waals surface area contributed by atoms with Gasteiger partial charge >= 0.3 is 0 Å². The van der Waals surface area contributed by atoms with Crippen molar-refractivity contribution in [3.05, 3.63) is 22.9 Å². The zero-order valence-corrected chi connectivity index (χ0v) is 23.0. The Balaban J connectivity index is 1.18. The van der Waals surface area contributed by atoms with E-state index in [0.717, 1.165) is 56.1 Å². The highest BCUT2D eigenvalue weighted by Gasteiger charge is 2.27. The molecule has 0 radical (unpaired) electrons. The second-order valence-corrected chi connectivity index (χ2v) is 12.1. The molecule has 0 amide bonds. The first-order valence-electron chi connectivity index (χ1n) is 13.2. The van der Waals surface area contributed by atoms with E-state index in [4.69, 9.17) is 20.2 Å². The maximum absolute atomic E-state index is 6.24. The fourth-order valence-electron chi connectivity index (χ4n) is 5.89. The molecule has 1 aliphatic carbocycles. The van der Waals surface area contributed by atoms with Gasteiger partial charge in [0.2, 0.25) is 24.1 Å². The molecule has 3 aliphatic rings. The number of nitrogens with zero attached hydrogens (tertiary/aromatic N) is 4. The number of anilines is 1. The number of benzene rings is 1. The predicted octanol–water partition coefficient (Wildman–Crippen LogP) is 5.29. The van der Waals surface area contributed by atoms with Gasteiger partial charge in [-0.05, 0) is 84.4 Å². The third kappa shape index (κ3) is 5.17. The molecule has 1 atom stereocenters. The first-order valence-corrected chi connectivity index (χ1v) is 14.8. The molecular formula is C26H34BrN6O2S+. The van der Waals surface area contributed by atoms with Crippen LogP contribution in [-0.4, -0.2) is 45.8 Å². The summed E-state index contributed by atoms with van der Waals surface area (Å²) in [7, 11) is 0. The number of nitrogens with two attached hydrogens (primary N) is 1. The molecule has 0 spiro atoms. The lowest BCUT2D eigenvalue weighted by atomic mass is 9.87. The lowest BCUT2D eigenvalue weighted by Gasteiger charge is -2.38. The van der Waals surface area contributed by atoms with Gasteiger partial charge < -0.3 is 20.2 Å². The first-order chi connectivity index (χ1) is 17.6. The van der Waals surface area contributed by atoms with Crippen LogP contribution in [0.5, 0.6) is 11.5 Å². The Labute approximate surface area is 224 Å². The zero-order chi connectivity index (χ0) is 24.5. The minimum absolute atomic E-state index is 0.252. The van der Waals surface area contributed by atoms with Crippen LogP contribution in [0.2, 0.25) is 0 Å². The van der Waals surface area contributed by atoms with E-state index in [0.29, 0.717) is 11.9 Å². The van der Waals surface area contributed by atoms with Gasteiger partial charge in [-0.25, -0.2) is 4.57 Å². The third-order valence-corrected chi connectivity index (χ3v) is 9.69. The van der Waals surface area contributed by atoms with Gasteiger partial charge in [0, 0.05) is 22.0 Å². The summed E-state index contributed by atoms with van der Waals surface area (Å²) < 4.78 is 14.1. The quantitative estimate of drug-likeness (QED) is 0.370. The van der Waals surface area contributed by atoms with Gasteiger partial charge in [0.05, 0.1) is 6.54 Å². The van der Waals surface area contributed by atoms with Gasteiger partial charge in [-0.1, -0.05) is 35.7 Å². The minimum atomic E-state index is 0.252. The van der Waals surface area contributed by atoms with E-state index in [1.807, 2.05) is 18.5 Å². The number of imidazole rings is 1. The molecule has 192 valence electrons. The molecule has 36 heavy (non-hydrogen) atoms. The van der Waals surface area contributed by atoms with E-state index in [2.05, 4.69) is 35.4 Å². The van der Waals surface area contributed by atoms with Crippen molar-refractivity contribution in [3.8, 4) is 11.5 Å². The van der Waals surface area contributed by atoms with Crippen LogP contribution in [0.1, 0.15) is 57.8 Å². The Kier molecular flexibility index (Phi) is 7.26. The van der Waals surface area contributed by atoms with E-state index in [1.165, 1.54) is 76.2 Å². The van der Waals surface area contributed by atoms with Crippen LogP contribution >= 0.6 is 27.7 Å². The summed E-state index contributed by atoms with van der Waals surface area (Å²) in [4.78, 5) is 16.6. The second-order valence-electron chi connectivity index (χ2n) is 10.2. The van der Waals surface area contributed by atoms with Crippen molar-refractivity contribution in [2.75, 3.05) is 25.6 Å². The van der Waals surface area contributed by atoms with Gasteiger partial charge in [0.15, 0.2) is 17.0 Å². The number of hydrogen-bond donors (Lipinski definition) is 2. The monoisotopic (exact) mass is 573 g/mol. The number of ether oxygens (including phenoxy) is 2. The van der Waals surface area contributed by atoms with Crippen LogP contribution in [0.25, 0.3) is 11.2 Å². The number of halogens is 1. The van der Waals surface area contributed by atoms with Crippen LogP contribution < -0.4 is 19.8 Å². The van der Waals surface area contributed by atoms with Gasteiger partial charge in [-0.3, -0.25) is 4.90 Å². The highest BCUT2D eigenvalue weighted by molar-refractivity contribution is 9.10. The van der Waals surface area contributed by atoms with E-state index in [9.17, 15) is 0 Å². The number of nitrogens with one attached hydrogen (secondary N) is 1. The van der Waals surface area contributed by atoms with E-state index in [1.54, 1.807) is 0 Å². The third-order valence-electron chi connectivity index (χ3n) is 7.83. The number of nitrogen functional groups attached to an aromatic ring is 1. The molecule has 10 heteroatoms. The fraction of sp³-hybridized carbons (Fsp3) is 0.577. The summed E-state index contributed by atoms with van der Waals surface area (Å²) in [6.07, 6.45) is 14.0. The molecule has 6 rings (SSSR count). The number of aryl methyl sites for hydroxylation is 1. The number of likely N-dealkylation sites (tertiary alicyclic amines) is 1. The largest absolute Gasteiger partial charge is 0.454 e. The summed E-state index contributed by atoms with van der Waals surface area (Å²) in [6.45, 7) is 3.66. The number of hydrogen-bond acceptors (Lipinski definition) is 7. The molecule has 1 saturated carbocycles. The average Bonchev–Trinajstić information content (AvgIpc) is 3.53. The highest BCUT2D eigenvalue weighted by Crippen LogP contribution is 2.42. The van der Waals surface area contributed by atoms with Crippen LogP contribution in [0.4, 0.5) is 5.82 Å². The summed E-state index contributed by atoms with van der Waals surface area (Å²) >= 11 is 5.18. The maximum atomic E-state index is 6.24. The molecule has 2 aliphatic heterocycles. The van der Waals surface area contributed by atoms with Crippen LogP contribution in [0.3, 0.4) is 0 Å². The van der Waals surface area contributed by atoms with Crippen LogP contribution in [0.15, 0.2) is 33.0 Å². The molecule has 1 saturated heterocycles. The Hall–Kier alpha value is -2.04. The second kappa shape index (κ2) is 10.8. The highest BCUT2D eigenvalue weighted by atomic mass is 79.9. The summed E-state index contributed by atoms with van der Waals surface area (Å²) in [5, 5.41) is 0.773. The summed E-state index contributed by atoms with van der Waals surface area (Å²) in [5.74, 6) is 2.86. The van der Waals surface area contributed by atoms with Crippen molar-refractivity contribution < 1.29 is 14.0 Å². The van der Waals surface area contributed by atoms with E-state index < -0.39 is 0 Å². The van der Waals surface area contributed by atoms with Crippen molar-refractivity contribution in [1.29, 1.82) is 0 Å². The summed E-state index contributed by atoms with van der Waals surface area (Å²) in [5.41, 5.74) is 7.89. The number of H-pyrrole nitrogens is 1. The lowest BCUT2D eigenvalue weighted by molar-refractivity contribution is -0.677. The molecule has 1 aromatic carbocycles. The summed E-state index contributed by atoms with van der Waals surface area (Å²) in [6, 6.07) is 4.55. The van der Waals surface area contributed by atoms with Crippen molar-refractivity contribution >= 4 is 44.7 Å². The minimum Gasteiger partial charge on any atom is -0.454 e. The standard InChI is InChI=1S/C26H33BrN6O2S/c27-19-12-20-21(35-16-34-20)13-22(19)36-26-30-23-24(28)29-15-33(25(23)31-26)11-9-18-8-4-5-10-32(18)14-17-6-2-1-3-7-17/h12-13,15,17-18H,1-11,14,16H2,(H2,28,30,31)/p+1. The molecule has 2 fully saturated rings. The maximum Gasteiger partial charge on any atom is 0.294 e. The van der Waals surface area contributed by atoms with Crippen LogP contribution in [0, 0.1) is 5.92 Å². The van der Waals surface area contributed by atoms with Crippen molar-refractivity contribution in [2.24, 2.45) is 5.92 Å². The van der Waals surface area contributed by atoms with Gasteiger partial charge in [-0.2, -0.15) is 0 Å². The lowest BCUT2D eigenvalue weighted by Crippen LogP contribution is -2.46. The topological polar surface area (TPSA) is 93.2 Å². The SMILES string of the molecule is Nc1nc[n+](CCC2CCCCN2CC2CCCCC2)c2nc(Sc3cc4c(cc3Br)OCO4)[nH]c12. The van der Waals surface area contributed by atoms with Crippen LogP contribution in [-0.2, 0) is 6.54 Å². The number of aromatic nitrogens is 4. The fourth-order valence-corrected chi connectivity index (χ4v) is 7.27. The van der Waals surface area contributed by atoms with Crippen molar-refractivity contribution in [2.45, 2.75) is 80.4 Å². The molecule has 1 unspecified atom stereocenters. The smallest absolute Gasteiger partial charge is 0.294 e. The van der Waals surface area contributed by atoms with Gasteiger partial charge in [0.25, 0.3) is 5.65 Å². The zero-order valence-electron chi connectivity index (χ0n) is 20.5. The normalized spacial score (nSPS) is 20.9. The molecule has 4 heterocycles. The Morgan fingerprint density at radius 2 is 1.92 bits per heavy atom. The van der Waals surface area contributed by atoms with Gasteiger partial charge in [0.1, 0.15) is 0 Å². The van der Waals surface area contributed by atoms with E-state index >= 15 is 0 Å². The average molecular weight is 575 g/mol. The molecular weight excluding hydrogens is 540 g/mol. The molecule has 3 N–H and O–H groups in total. The predicted molar refractivity (Wildman–Crippen MR) is 143 cm³/mol. The Bertz CT molecular complexity index is 1230. The number of fused-ring (bicyclic) bond motifs is 2. The van der Waals surface area contributed by atoms with E-state index in [-0.39, 0.29) is 6.79 Å². The van der Waals surface area contributed by atoms with Gasteiger partial charge in [-0.15, -0.1) is 0 Å². The first kappa shape index (κ1) is 24.3. The molecule has 2 aromatic heterocycles. The number of aromatic amines is 1. The Morgan fingerprint density at radius 3 is 2.78 bits per heavy atom. The number of piperidine rings is 1. The number of rotatable bonds is 7. The Morgan fingerprint density at radius 1 is 1.11 bits per heavy atom. The molecule has 3 aromatic rings.